The van der Waals surface area contributed by atoms with Gasteiger partial charge < -0.3 is 10.2 Å². The minimum atomic E-state index is -0.404. The molecule has 0 spiro atoms. The largest absolute Gasteiger partial charge is 0.373 e. The standard InChI is InChI=1S/C21H18ClFN4O/c1-24-18-11-13(4-7-25-18)16-9-14-5-8-27(20(14)17(23)10-16)19(28)12-15-3-2-6-26-21(15)22/h2-4,6-7,9-11H,5,8,12H2,1H3,(H,24,25). The number of halogens is 2. The molecule has 3 aromatic rings. The number of nitrogens with zero attached hydrogens (tertiary/aromatic N) is 3. The summed E-state index contributed by atoms with van der Waals surface area (Å²) in [6, 6.07) is 10.6. The molecule has 0 aliphatic carbocycles. The number of carbonyl (C=O) groups is 1. The molecule has 0 unspecified atom stereocenters. The Hall–Kier alpha value is -2.99. The van der Waals surface area contributed by atoms with Crippen LogP contribution in [0.5, 0.6) is 0 Å². The highest BCUT2D eigenvalue weighted by molar-refractivity contribution is 6.30. The van der Waals surface area contributed by atoms with Crippen molar-refractivity contribution in [2.75, 3.05) is 23.8 Å². The first-order valence-electron chi connectivity index (χ1n) is 8.93. The number of anilines is 2. The zero-order chi connectivity index (χ0) is 19.7. The quantitative estimate of drug-likeness (QED) is 0.674. The molecule has 1 N–H and O–H groups in total. The number of aromatic nitrogens is 2. The number of benzene rings is 1. The normalized spacial score (nSPS) is 12.8. The summed E-state index contributed by atoms with van der Waals surface area (Å²) in [6.07, 6.45) is 3.95. The highest BCUT2D eigenvalue weighted by Crippen LogP contribution is 2.36. The predicted octanol–water partition coefficient (Wildman–Crippen LogP) is 4.11. The van der Waals surface area contributed by atoms with Crippen LogP contribution in [0.4, 0.5) is 15.9 Å². The van der Waals surface area contributed by atoms with E-state index >= 15 is 0 Å². The van der Waals surface area contributed by atoms with Gasteiger partial charge in [-0.25, -0.2) is 14.4 Å². The average molecular weight is 397 g/mol. The summed E-state index contributed by atoms with van der Waals surface area (Å²) < 4.78 is 15.0. The molecule has 28 heavy (non-hydrogen) atoms. The summed E-state index contributed by atoms with van der Waals surface area (Å²) in [5.41, 5.74) is 3.45. The summed E-state index contributed by atoms with van der Waals surface area (Å²) in [7, 11) is 1.79. The Morgan fingerprint density at radius 1 is 1.21 bits per heavy atom. The summed E-state index contributed by atoms with van der Waals surface area (Å²) in [5, 5.41) is 3.28. The number of hydrogen-bond donors (Lipinski definition) is 1. The molecule has 1 amide bonds. The second-order valence-electron chi connectivity index (χ2n) is 6.57. The lowest BCUT2D eigenvalue weighted by molar-refractivity contribution is -0.117. The van der Waals surface area contributed by atoms with Gasteiger partial charge in [0.15, 0.2) is 0 Å². The Kier molecular flexibility index (Phi) is 4.96. The molecule has 4 rings (SSSR count). The van der Waals surface area contributed by atoms with Crippen LogP contribution in [0.3, 0.4) is 0 Å². The minimum absolute atomic E-state index is 0.0865. The fraction of sp³-hybridized carbons (Fsp3) is 0.190. The summed E-state index contributed by atoms with van der Waals surface area (Å²) in [4.78, 5) is 22.5. The zero-order valence-corrected chi connectivity index (χ0v) is 16.0. The molecule has 0 saturated carbocycles. The molecule has 1 aliphatic heterocycles. The van der Waals surface area contributed by atoms with E-state index in [0.717, 1.165) is 16.7 Å². The molecular weight excluding hydrogens is 379 g/mol. The Morgan fingerprint density at radius 2 is 2.07 bits per heavy atom. The van der Waals surface area contributed by atoms with Gasteiger partial charge in [0.05, 0.1) is 12.1 Å². The Balaban J connectivity index is 1.63. The Morgan fingerprint density at radius 3 is 2.86 bits per heavy atom. The van der Waals surface area contributed by atoms with Gasteiger partial charge in [0, 0.05) is 26.0 Å². The lowest BCUT2D eigenvalue weighted by Crippen LogP contribution is -2.31. The van der Waals surface area contributed by atoms with Crippen molar-refractivity contribution in [2.45, 2.75) is 12.8 Å². The Labute approximate surface area is 167 Å². The molecule has 7 heteroatoms. The minimum Gasteiger partial charge on any atom is -0.373 e. The molecule has 1 aromatic carbocycles. The number of hydrogen-bond acceptors (Lipinski definition) is 4. The SMILES string of the molecule is CNc1cc(-c2cc(F)c3c(c2)CCN3C(=O)Cc2cccnc2Cl)ccn1. The van der Waals surface area contributed by atoms with E-state index in [-0.39, 0.29) is 12.3 Å². The molecule has 0 bridgehead atoms. The molecular formula is C21H18ClFN4O. The second kappa shape index (κ2) is 7.56. The highest BCUT2D eigenvalue weighted by atomic mass is 35.5. The van der Waals surface area contributed by atoms with E-state index in [9.17, 15) is 9.18 Å². The van der Waals surface area contributed by atoms with E-state index in [2.05, 4.69) is 15.3 Å². The van der Waals surface area contributed by atoms with Gasteiger partial charge >= 0.3 is 0 Å². The van der Waals surface area contributed by atoms with Crippen LogP contribution in [0.1, 0.15) is 11.1 Å². The number of fused-ring (bicyclic) bond motifs is 1. The van der Waals surface area contributed by atoms with Gasteiger partial charge in [-0.3, -0.25) is 4.79 Å². The third-order valence-electron chi connectivity index (χ3n) is 4.85. The van der Waals surface area contributed by atoms with Crippen LogP contribution in [0.15, 0.2) is 48.8 Å². The third-order valence-corrected chi connectivity index (χ3v) is 5.19. The van der Waals surface area contributed by atoms with E-state index in [4.69, 9.17) is 11.6 Å². The maximum atomic E-state index is 15.0. The monoisotopic (exact) mass is 396 g/mol. The first kappa shape index (κ1) is 18.4. The van der Waals surface area contributed by atoms with Crippen molar-refractivity contribution in [1.29, 1.82) is 0 Å². The lowest BCUT2D eigenvalue weighted by Gasteiger charge is -2.19. The number of nitrogens with one attached hydrogen (secondary N) is 1. The van der Waals surface area contributed by atoms with Gasteiger partial charge in [-0.05, 0) is 59.0 Å². The number of carbonyl (C=O) groups excluding carboxylic acids is 1. The second-order valence-corrected chi connectivity index (χ2v) is 6.93. The van der Waals surface area contributed by atoms with Crippen LogP contribution in [-0.2, 0) is 17.6 Å². The van der Waals surface area contributed by atoms with Crippen LogP contribution < -0.4 is 10.2 Å². The van der Waals surface area contributed by atoms with Gasteiger partial charge in [-0.2, -0.15) is 0 Å². The molecule has 1 aliphatic rings. The van der Waals surface area contributed by atoms with E-state index < -0.39 is 5.82 Å². The average Bonchev–Trinajstić information content (AvgIpc) is 3.14. The van der Waals surface area contributed by atoms with E-state index in [1.807, 2.05) is 18.2 Å². The van der Waals surface area contributed by atoms with Crippen LogP contribution in [-0.4, -0.2) is 29.5 Å². The van der Waals surface area contributed by atoms with Crippen molar-refractivity contribution in [3.05, 3.63) is 70.9 Å². The van der Waals surface area contributed by atoms with Crippen molar-refractivity contribution in [3.8, 4) is 11.1 Å². The van der Waals surface area contributed by atoms with Crippen LogP contribution in [0.2, 0.25) is 5.15 Å². The highest BCUT2D eigenvalue weighted by Gasteiger charge is 2.29. The van der Waals surface area contributed by atoms with Crippen LogP contribution in [0, 0.1) is 5.82 Å². The van der Waals surface area contributed by atoms with Gasteiger partial charge in [0.25, 0.3) is 0 Å². The van der Waals surface area contributed by atoms with Crippen molar-refractivity contribution in [1.82, 2.24) is 9.97 Å². The molecule has 2 aromatic heterocycles. The molecule has 0 atom stereocenters. The van der Waals surface area contributed by atoms with Gasteiger partial charge in [0.1, 0.15) is 16.8 Å². The first-order valence-corrected chi connectivity index (χ1v) is 9.31. The predicted molar refractivity (Wildman–Crippen MR) is 108 cm³/mol. The third kappa shape index (κ3) is 3.43. The fourth-order valence-electron chi connectivity index (χ4n) is 3.47. The lowest BCUT2D eigenvalue weighted by atomic mass is 10.0. The number of pyridine rings is 2. The Bertz CT molecular complexity index is 1060. The molecule has 0 fully saturated rings. The summed E-state index contributed by atoms with van der Waals surface area (Å²) in [5.74, 6) is 0.115. The van der Waals surface area contributed by atoms with E-state index in [0.29, 0.717) is 35.2 Å². The van der Waals surface area contributed by atoms with E-state index in [1.165, 1.54) is 11.0 Å². The smallest absolute Gasteiger partial charge is 0.231 e. The molecule has 0 radical (unpaired) electrons. The maximum Gasteiger partial charge on any atom is 0.231 e. The summed E-state index contributed by atoms with van der Waals surface area (Å²) in [6.45, 7) is 0.449. The van der Waals surface area contributed by atoms with Gasteiger partial charge in [-0.1, -0.05) is 17.7 Å². The molecule has 3 heterocycles. The number of amides is 1. The molecule has 5 nitrogen and oxygen atoms in total. The fourth-order valence-corrected chi connectivity index (χ4v) is 3.65. The molecule has 0 saturated heterocycles. The van der Waals surface area contributed by atoms with E-state index in [1.54, 1.807) is 31.6 Å². The van der Waals surface area contributed by atoms with Crippen molar-refractivity contribution in [3.63, 3.8) is 0 Å². The number of rotatable bonds is 4. The van der Waals surface area contributed by atoms with Crippen LogP contribution in [0.25, 0.3) is 11.1 Å². The zero-order valence-electron chi connectivity index (χ0n) is 15.2. The summed E-state index contributed by atoms with van der Waals surface area (Å²) >= 11 is 6.05. The first-order chi connectivity index (χ1) is 13.6. The topological polar surface area (TPSA) is 58.1 Å². The molecule has 142 valence electrons. The van der Waals surface area contributed by atoms with Crippen molar-refractivity contribution >= 4 is 29.0 Å². The van der Waals surface area contributed by atoms with Crippen LogP contribution >= 0.6 is 11.6 Å². The van der Waals surface area contributed by atoms with Gasteiger partial charge in [-0.15, -0.1) is 0 Å². The maximum absolute atomic E-state index is 15.0. The van der Waals surface area contributed by atoms with Crippen molar-refractivity contribution < 1.29 is 9.18 Å². The van der Waals surface area contributed by atoms with Gasteiger partial charge in [0.2, 0.25) is 5.91 Å². The van der Waals surface area contributed by atoms with Crippen molar-refractivity contribution in [2.24, 2.45) is 0 Å².